The number of carbonyl (C=O) groups excluding carboxylic acids is 1. The summed E-state index contributed by atoms with van der Waals surface area (Å²) in [4.78, 5) is 19.8. The standard InChI is InChI=1S/C8H12N2O.C2HF3O2/c9-7-5-2-1-4(3-5)6(7)8(10)11;3-2(4,5)1(6)7/h1-2,4-7H,3,9H2,(H2,10,11);(H,6,7). The number of allylic oxidation sites excluding steroid dienone is 1. The van der Waals surface area contributed by atoms with Gasteiger partial charge in [0, 0.05) is 6.04 Å². The van der Waals surface area contributed by atoms with E-state index in [2.05, 4.69) is 12.2 Å². The highest BCUT2D eigenvalue weighted by atomic mass is 19.4. The normalized spacial score (nSPS) is 32.9. The quantitative estimate of drug-likeness (QED) is 0.591. The maximum Gasteiger partial charge on any atom is 0.490 e. The molecular formula is C10H13F3N2O3. The maximum atomic E-state index is 10.9. The summed E-state index contributed by atoms with van der Waals surface area (Å²) in [5.74, 6) is -2.38. The van der Waals surface area contributed by atoms with Crippen molar-refractivity contribution in [3.8, 4) is 0 Å². The minimum atomic E-state index is -5.08. The molecule has 102 valence electrons. The molecule has 5 N–H and O–H groups in total. The van der Waals surface area contributed by atoms with Gasteiger partial charge in [-0.3, -0.25) is 4.79 Å². The summed E-state index contributed by atoms with van der Waals surface area (Å²) in [6.07, 6.45) is 0.118. The van der Waals surface area contributed by atoms with E-state index in [0.717, 1.165) is 6.42 Å². The zero-order chi connectivity index (χ0) is 14.1. The largest absolute Gasteiger partial charge is 0.490 e. The Morgan fingerprint density at radius 3 is 1.89 bits per heavy atom. The monoisotopic (exact) mass is 266 g/mol. The zero-order valence-electron chi connectivity index (χ0n) is 9.22. The first-order chi connectivity index (χ1) is 8.14. The van der Waals surface area contributed by atoms with Gasteiger partial charge in [0.2, 0.25) is 5.91 Å². The van der Waals surface area contributed by atoms with Crippen LogP contribution in [0, 0.1) is 17.8 Å². The van der Waals surface area contributed by atoms with Gasteiger partial charge in [0.05, 0.1) is 5.92 Å². The van der Waals surface area contributed by atoms with Gasteiger partial charge >= 0.3 is 12.1 Å². The summed E-state index contributed by atoms with van der Waals surface area (Å²) in [5.41, 5.74) is 11.0. The number of primary amides is 1. The van der Waals surface area contributed by atoms with E-state index >= 15 is 0 Å². The Morgan fingerprint density at radius 1 is 1.22 bits per heavy atom. The molecule has 0 aromatic carbocycles. The molecule has 0 heterocycles. The van der Waals surface area contributed by atoms with E-state index in [9.17, 15) is 18.0 Å². The highest BCUT2D eigenvalue weighted by molar-refractivity contribution is 5.79. The molecule has 0 spiro atoms. The van der Waals surface area contributed by atoms with Gasteiger partial charge in [0.15, 0.2) is 0 Å². The zero-order valence-corrected chi connectivity index (χ0v) is 9.22. The lowest BCUT2D eigenvalue weighted by Gasteiger charge is -2.20. The third-order valence-electron chi connectivity index (χ3n) is 3.09. The number of fused-ring (bicyclic) bond motifs is 2. The molecule has 4 atom stereocenters. The Labute approximate surface area is 101 Å². The molecule has 2 aliphatic rings. The fraction of sp³-hybridized carbons (Fsp3) is 0.600. The molecule has 5 nitrogen and oxygen atoms in total. The fourth-order valence-corrected chi connectivity index (χ4v) is 2.26. The van der Waals surface area contributed by atoms with Crippen molar-refractivity contribution in [3.63, 3.8) is 0 Å². The number of alkyl halides is 3. The van der Waals surface area contributed by atoms with Crippen molar-refractivity contribution in [2.75, 3.05) is 0 Å². The lowest BCUT2D eigenvalue weighted by atomic mass is 9.89. The summed E-state index contributed by atoms with van der Waals surface area (Å²) in [6.45, 7) is 0. The Kier molecular flexibility index (Phi) is 4.00. The van der Waals surface area contributed by atoms with Gasteiger partial charge in [0.25, 0.3) is 0 Å². The fourth-order valence-electron chi connectivity index (χ4n) is 2.26. The Bertz CT molecular complexity index is 381. The molecule has 1 saturated carbocycles. The van der Waals surface area contributed by atoms with Gasteiger partial charge in [0.1, 0.15) is 0 Å². The number of aliphatic carboxylic acids is 1. The van der Waals surface area contributed by atoms with Crippen molar-refractivity contribution in [3.05, 3.63) is 12.2 Å². The average Bonchev–Trinajstić information content (AvgIpc) is 2.76. The first-order valence-corrected chi connectivity index (χ1v) is 5.18. The molecule has 1 fully saturated rings. The summed E-state index contributed by atoms with van der Waals surface area (Å²) in [5, 5.41) is 7.12. The molecule has 2 aliphatic carbocycles. The molecule has 0 radical (unpaired) electrons. The third kappa shape index (κ3) is 3.00. The van der Waals surface area contributed by atoms with Crippen LogP contribution in [0.2, 0.25) is 0 Å². The molecule has 0 saturated heterocycles. The van der Waals surface area contributed by atoms with Crippen molar-refractivity contribution in [1.29, 1.82) is 0 Å². The summed E-state index contributed by atoms with van der Waals surface area (Å²) < 4.78 is 31.7. The van der Waals surface area contributed by atoms with E-state index in [1.165, 1.54) is 0 Å². The molecule has 0 aromatic heterocycles. The number of carbonyl (C=O) groups is 2. The van der Waals surface area contributed by atoms with E-state index in [-0.39, 0.29) is 17.9 Å². The van der Waals surface area contributed by atoms with Crippen LogP contribution in [0.3, 0.4) is 0 Å². The number of hydrogen-bond acceptors (Lipinski definition) is 3. The smallest absolute Gasteiger partial charge is 0.475 e. The van der Waals surface area contributed by atoms with E-state index < -0.39 is 12.1 Å². The van der Waals surface area contributed by atoms with Crippen LogP contribution >= 0.6 is 0 Å². The second kappa shape index (κ2) is 4.97. The van der Waals surface area contributed by atoms with Crippen molar-refractivity contribution < 1.29 is 27.9 Å². The first-order valence-electron chi connectivity index (χ1n) is 5.18. The van der Waals surface area contributed by atoms with Crippen LogP contribution in [0.1, 0.15) is 6.42 Å². The van der Waals surface area contributed by atoms with Crippen LogP contribution in [-0.4, -0.2) is 29.2 Å². The molecular weight excluding hydrogens is 253 g/mol. The SMILES string of the molecule is NC(=O)C1C2C=CC(C2)C1N.O=C(O)C(F)(F)F. The van der Waals surface area contributed by atoms with Gasteiger partial charge in [-0.1, -0.05) is 12.2 Å². The molecule has 1 amide bonds. The van der Waals surface area contributed by atoms with E-state index in [0.29, 0.717) is 11.8 Å². The van der Waals surface area contributed by atoms with E-state index in [4.69, 9.17) is 21.4 Å². The molecule has 8 heteroatoms. The van der Waals surface area contributed by atoms with Crippen LogP contribution in [-0.2, 0) is 9.59 Å². The molecule has 0 aliphatic heterocycles. The van der Waals surface area contributed by atoms with E-state index in [1.54, 1.807) is 0 Å². The molecule has 2 bridgehead atoms. The van der Waals surface area contributed by atoms with Crippen molar-refractivity contribution in [1.82, 2.24) is 0 Å². The van der Waals surface area contributed by atoms with Crippen LogP contribution in [0.4, 0.5) is 13.2 Å². The number of halogens is 3. The molecule has 4 unspecified atom stereocenters. The van der Waals surface area contributed by atoms with Crippen LogP contribution < -0.4 is 11.5 Å². The lowest BCUT2D eigenvalue weighted by Crippen LogP contribution is -2.41. The molecule has 18 heavy (non-hydrogen) atoms. The summed E-state index contributed by atoms with van der Waals surface area (Å²) in [6, 6.07) is -0.0255. The Balaban J connectivity index is 0.000000203. The summed E-state index contributed by atoms with van der Waals surface area (Å²) >= 11 is 0. The maximum absolute atomic E-state index is 10.9. The average molecular weight is 266 g/mol. The number of amides is 1. The topological polar surface area (TPSA) is 106 Å². The number of carboxylic acid groups (broad SMARTS) is 1. The van der Waals surface area contributed by atoms with E-state index in [1.807, 2.05) is 0 Å². The van der Waals surface area contributed by atoms with Gasteiger partial charge in [-0.2, -0.15) is 13.2 Å². The number of rotatable bonds is 1. The van der Waals surface area contributed by atoms with Crippen molar-refractivity contribution >= 4 is 11.9 Å². The van der Waals surface area contributed by atoms with Crippen LogP contribution in [0.15, 0.2) is 12.2 Å². The van der Waals surface area contributed by atoms with Gasteiger partial charge < -0.3 is 16.6 Å². The highest BCUT2D eigenvalue weighted by Gasteiger charge is 2.45. The lowest BCUT2D eigenvalue weighted by molar-refractivity contribution is -0.192. The molecule has 2 rings (SSSR count). The van der Waals surface area contributed by atoms with Crippen LogP contribution in [0.25, 0.3) is 0 Å². The van der Waals surface area contributed by atoms with Crippen LogP contribution in [0.5, 0.6) is 0 Å². The minimum Gasteiger partial charge on any atom is -0.475 e. The predicted octanol–water partition coefficient (Wildman–Crippen LogP) is 0.254. The second-order valence-corrected chi connectivity index (χ2v) is 4.26. The van der Waals surface area contributed by atoms with Crippen molar-refractivity contribution in [2.45, 2.75) is 18.6 Å². The highest BCUT2D eigenvalue weighted by Crippen LogP contribution is 2.42. The van der Waals surface area contributed by atoms with Crippen molar-refractivity contribution in [2.24, 2.45) is 29.2 Å². The predicted molar refractivity (Wildman–Crippen MR) is 55.1 cm³/mol. The Hall–Kier alpha value is -1.57. The number of nitrogens with two attached hydrogens (primary N) is 2. The van der Waals surface area contributed by atoms with Gasteiger partial charge in [-0.05, 0) is 18.3 Å². The number of carboxylic acids is 1. The minimum absolute atomic E-state index is 0.0255. The first kappa shape index (κ1) is 14.5. The Morgan fingerprint density at radius 2 is 1.67 bits per heavy atom. The summed E-state index contributed by atoms with van der Waals surface area (Å²) in [7, 11) is 0. The number of hydrogen-bond donors (Lipinski definition) is 3. The second-order valence-electron chi connectivity index (χ2n) is 4.26. The third-order valence-corrected chi connectivity index (χ3v) is 3.09. The van der Waals surface area contributed by atoms with Gasteiger partial charge in [-0.25, -0.2) is 4.79 Å². The molecule has 0 aromatic rings. The van der Waals surface area contributed by atoms with Gasteiger partial charge in [-0.15, -0.1) is 0 Å².